The SMILES string of the molecule is CC1(C2CC2)Nc2ccc(-c3nc4ccccc4o3)cc2N1. The van der Waals surface area contributed by atoms with Crippen LogP contribution in [0.5, 0.6) is 0 Å². The van der Waals surface area contributed by atoms with Gasteiger partial charge in [0.1, 0.15) is 11.2 Å². The topological polar surface area (TPSA) is 50.1 Å². The fraction of sp³-hybridized carbons (Fsp3) is 0.278. The molecule has 5 rings (SSSR count). The maximum Gasteiger partial charge on any atom is 0.227 e. The number of para-hydroxylation sites is 2. The molecular weight excluding hydrogens is 274 g/mol. The Labute approximate surface area is 128 Å². The van der Waals surface area contributed by atoms with Gasteiger partial charge in [0, 0.05) is 11.5 Å². The summed E-state index contributed by atoms with van der Waals surface area (Å²) in [6, 6.07) is 14.2. The van der Waals surface area contributed by atoms with Gasteiger partial charge in [0.25, 0.3) is 0 Å². The lowest BCUT2D eigenvalue weighted by molar-refractivity contribution is 0.524. The summed E-state index contributed by atoms with van der Waals surface area (Å²) in [6.45, 7) is 2.24. The van der Waals surface area contributed by atoms with Gasteiger partial charge in [-0.25, -0.2) is 4.98 Å². The molecule has 1 aliphatic carbocycles. The van der Waals surface area contributed by atoms with E-state index in [1.165, 1.54) is 12.8 Å². The van der Waals surface area contributed by atoms with Gasteiger partial charge in [-0.15, -0.1) is 0 Å². The zero-order valence-electron chi connectivity index (χ0n) is 12.4. The van der Waals surface area contributed by atoms with E-state index in [9.17, 15) is 0 Å². The highest BCUT2D eigenvalue weighted by Gasteiger charge is 2.45. The molecule has 4 nitrogen and oxygen atoms in total. The Morgan fingerprint density at radius 3 is 2.73 bits per heavy atom. The van der Waals surface area contributed by atoms with Crippen molar-refractivity contribution in [1.82, 2.24) is 4.98 Å². The molecular formula is C18H17N3O. The van der Waals surface area contributed by atoms with Crippen LogP contribution in [0.15, 0.2) is 46.9 Å². The summed E-state index contributed by atoms with van der Waals surface area (Å²) >= 11 is 0. The van der Waals surface area contributed by atoms with Gasteiger partial charge in [0.2, 0.25) is 5.89 Å². The first kappa shape index (κ1) is 12.1. The molecule has 22 heavy (non-hydrogen) atoms. The Hall–Kier alpha value is -2.49. The molecule has 1 aromatic heterocycles. The average Bonchev–Trinajstić information content (AvgIpc) is 3.20. The number of rotatable bonds is 2. The first-order valence-corrected chi connectivity index (χ1v) is 7.78. The van der Waals surface area contributed by atoms with E-state index >= 15 is 0 Å². The maximum atomic E-state index is 5.87. The molecule has 2 heterocycles. The van der Waals surface area contributed by atoms with Crippen molar-refractivity contribution in [3.63, 3.8) is 0 Å². The monoisotopic (exact) mass is 291 g/mol. The van der Waals surface area contributed by atoms with Gasteiger partial charge in [-0.1, -0.05) is 12.1 Å². The van der Waals surface area contributed by atoms with Crippen molar-refractivity contribution in [2.75, 3.05) is 10.6 Å². The van der Waals surface area contributed by atoms with Gasteiger partial charge in [0.15, 0.2) is 5.58 Å². The van der Waals surface area contributed by atoms with Gasteiger partial charge in [-0.05, 0) is 50.1 Å². The molecule has 1 aliphatic heterocycles. The molecule has 2 aliphatic rings. The molecule has 3 aromatic rings. The minimum atomic E-state index is -0.0116. The van der Waals surface area contributed by atoms with Crippen LogP contribution in [-0.4, -0.2) is 10.6 Å². The van der Waals surface area contributed by atoms with E-state index in [0.29, 0.717) is 11.8 Å². The molecule has 0 saturated heterocycles. The van der Waals surface area contributed by atoms with Crippen LogP contribution in [0.3, 0.4) is 0 Å². The highest BCUT2D eigenvalue weighted by Crippen LogP contribution is 2.47. The summed E-state index contributed by atoms with van der Waals surface area (Å²) < 4.78 is 5.87. The number of benzene rings is 2. The van der Waals surface area contributed by atoms with Crippen molar-refractivity contribution < 1.29 is 4.42 Å². The van der Waals surface area contributed by atoms with Crippen LogP contribution in [0.1, 0.15) is 19.8 Å². The van der Waals surface area contributed by atoms with Crippen molar-refractivity contribution in [3.8, 4) is 11.5 Å². The average molecular weight is 291 g/mol. The van der Waals surface area contributed by atoms with E-state index in [2.05, 4.69) is 40.7 Å². The van der Waals surface area contributed by atoms with E-state index in [1.54, 1.807) is 0 Å². The first-order chi connectivity index (χ1) is 10.7. The summed E-state index contributed by atoms with van der Waals surface area (Å²) in [4.78, 5) is 4.58. The van der Waals surface area contributed by atoms with E-state index < -0.39 is 0 Å². The number of hydrogen-bond acceptors (Lipinski definition) is 4. The normalized spacial score (nSPS) is 23.1. The quantitative estimate of drug-likeness (QED) is 0.732. The van der Waals surface area contributed by atoms with Gasteiger partial charge >= 0.3 is 0 Å². The highest BCUT2D eigenvalue weighted by atomic mass is 16.3. The van der Waals surface area contributed by atoms with Crippen LogP contribution in [0.2, 0.25) is 0 Å². The van der Waals surface area contributed by atoms with Crippen molar-refractivity contribution in [2.45, 2.75) is 25.4 Å². The van der Waals surface area contributed by atoms with Crippen LogP contribution in [0.4, 0.5) is 11.4 Å². The Kier molecular flexibility index (Phi) is 2.22. The number of fused-ring (bicyclic) bond motifs is 2. The number of nitrogens with one attached hydrogen (secondary N) is 2. The number of hydrogen-bond donors (Lipinski definition) is 2. The van der Waals surface area contributed by atoms with E-state index in [-0.39, 0.29) is 5.66 Å². The number of anilines is 2. The molecule has 1 atom stereocenters. The molecule has 110 valence electrons. The molecule has 0 amide bonds. The van der Waals surface area contributed by atoms with E-state index in [4.69, 9.17) is 4.42 Å². The maximum absolute atomic E-state index is 5.87. The van der Waals surface area contributed by atoms with Crippen LogP contribution >= 0.6 is 0 Å². The largest absolute Gasteiger partial charge is 0.436 e. The van der Waals surface area contributed by atoms with Crippen molar-refractivity contribution in [3.05, 3.63) is 42.5 Å². The second-order valence-electron chi connectivity index (χ2n) is 6.47. The van der Waals surface area contributed by atoms with Crippen molar-refractivity contribution >= 4 is 22.5 Å². The molecule has 0 radical (unpaired) electrons. The van der Waals surface area contributed by atoms with E-state index in [1.807, 2.05) is 24.3 Å². The fourth-order valence-electron chi connectivity index (χ4n) is 3.34. The summed E-state index contributed by atoms with van der Waals surface area (Å²) in [5, 5.41) is 7.25. The molecule has 2 N–H and O–H groups in total. The third-order valence-electron chi connectivity index (χ3n) is 4.74. The third-order valence-corrected chi connectivity index (χ3v) is 4.74. The standard InChI is InChI=1S/C18H17N3O/c1-18(12-7-8-12)20-13-9-6-11(10-15(13)21-18)17-19-14-4-2-3-5-16(14)22-17/h2-6,9-10,12,20-21H,7-8H2,1H3. The molecule has 1 unspecified atom stereocenters. The predicted octanol–water partition coefficient (Wildman–Crippen LogP) is 4.46. The second-order valence-corrected chi connectivity index (χ2v) is 6.47. The predicted molar refractivity (Wildman–Crippen MR) is 87.8 cm³/mol. The molecule has 1 saturated carbocycles. The van der Waals surface area contributed by atoms with Gasteiger partial charge in [0.05, 0.1) is 11.4 Å². The molecule has 2 aromatic carbocycles. The van der Waals surface area contributed by atoms with Gasteiger partial charge < -0.3 is 15.1 Å². The van der Waals surface area contributed by atoms with Gasteiger partial charge in [-0.3, -0.25) is 0 Å². The minimum absolute atomic E-state index is 0.0116. The van der Waals surface area contributed by atoms with Crippen LogP contribution < -0.4 is 10.6 Å². The number of aromatic nitrogens is 1. The van der Waals surface area contributed by atoms with E-state index in [0.717, 1.165) is 28.0 Å². The number of nitrogens with zero attached hydrogens (tertiary/aromatic N) is 1. The Bertz CT molecular complexity index is 848. The lowest BCUT2D eigenvalue weighted by atomic mass is 10.1. The van der Waals surface area contributed by atoms with Crippen molar-refractivity contribution in [2.24, 2.45) is 5.92 Å². The molecule has 0 spiro atoms. The third kappa shape index (κ3) is 1.73. The summed E-state index contributed by atoms with van der Waals surface area (Å²) in [6.07, 6.45) is 2.59. The zero-order chi connectivity index (χ0) is 14.7. The molecule has 4 heteroatoms. The second kappa shape index (κ2) is 4.03. The molecule has 1 fully saturated rings. The lowest BCUT2D eigenvalue weighted by Gasteiger charge is -2.25. The first-order valence-electron chi connectivity index (χ1n) is 7.78. The summed E-state index contributed by atoms with van der Waals surface area (Å²) in [7, 11) is 0. The Morgan fingerprint density at radius 1 is 1.09 bits per heavy atom. The smallest absolute Gasteiger partial charge is 0.227 e. The Morgan fingerprint density at radius 2 is 1.91 bits per heavy atom. The van der Waals surface area contributed by atoms with Crippen molar-refractivity contribution in [1.29, 1.82) is 0 Å². The Balaban J connectivity index is 1.55. The highest BCUT2D eigenvalue weighted by molar-refractivity contribution is 5.82. The van der Waals surface area contributed by atoms with Crippen LogP contribution in [-0.2, 0) is 0 Å². The molecule has 0 bridgehead atoms. The van der Waals surface area contributed by atoms with Crippen LogP contribution in [0.25, 0.3) is 22.6 Å². The van der Waals surface area contributed by atoms with Crippen LogP contribution in [0, 0.1) is 5.92 Å². The summed E-state index contributed by atoms with van der Waals surface area (Å²) in [5.74, 6) is 1.39. The lowest BCUT2D eigenvalue weighted by Crippen LogP contribution is -2.40. The zero-order valence-corrected chi connectivity index (χ0v) is 12.4. The van der Waals surface area contributed by atoms with Gasteiger partial charge in [-0.2, -0.15) is 0 Å². The minimum Gasteiger partial charge on any atom is -0.436 e. The fourth-order valence-corrected chi connectivity index (χ4v) is 3.34. The number of oxazole rings is 1. The summed E-state index contributed by atoms with van der Waals surface area (Å²) in [5.41, 5.74) is 5.01.